The first-order valence-corrected chi connectivity index (χ1v) is 5.33. The van der Waals surface area contributed by atoms with Crippen LogP contribution in [0.25, 0.3) is 0 Å². The SMILES string of the molecule is CC1CCC2(CC1)CC(=O)CC(=O)O2. The zero-order valence-corrected chi connectivity index (χ0v) is 8.54. The highest BCUT2D eigenvalue weighted by atomic mass is 16.6. The van der Waals surface area contributed by atoms with Gasteiger partial charge in [0.05, 0.1) is 0 Å². The Balaban J connectivity index is 2.07. The summed E-state index contributed by atoms with van der Waals surface area (Å²) in [6, 6.07) is 0. The minimum Gasteiger partial charge on any atom is -0.458 e. The first-order valence-electron chi connectivity index (χ1n) is 5.33. The van der Waals surface area contributed by atoms with Crippen LogP contribution in [-0.4, -0.2) is 17.4 Å². The molecule has 1 aliphatic carbocycles. The van der Waals surface area contributed by atoms with E-state index in [1.165, 1.54) is 0 Å². The van der Waals surface area contributed by atoms with Crippen LogP contribution in [0, 0.1) is 5.92 Å². The highest BCUT2D eigenvalue weighted by molar-refractivity contribution is 5.98. The van der Waals surface area contributed by atoms with E-state index in [0.717, 1.165) is 25.7 Å². The average Bonchev–Trinajstić information content (AvgIpc) is 2.09. The summed E-state index contributed by atoms with van der Waals surface area (Å²) in [4.78, 5) is 22.5. The second kappa shape index (κ2) is 3.37. The second-order valence-corrected chi connectivity index (χ2v) is 4.73. The van der Waals surface area contributed by atoms with Crippen molar-refractivity contribution in [3.05, 3.63) is 0 Å². The van der Waals surface area contributed by atoms with Crippen molar-refractivity contribution in [2.75, 3.05) is 0 Å². The third-order valence-electron chi connectivity index (χ3n) is 3.38. The van der Waals surface area contributed by atoms with E-state index < -0.39 is 5.60 Å². The summed E-state index contributed by atoms with van der Waals surface area (Å²) in [5, 5.41) is 0. The molecule has 1 spiro atoms. The van der Waals surface area contributed by atoms with Gasteiger partial charge in [0.25, 0.3) is 0 Å². The number of ether oxygens (including phenoxy) is 1. The van der Waals surface area contributed by atoms with Gasteiger partial charge in [-0.2, -0.15) is 0 Å². The highest BCUT2D eigenvalue weighted by Crippen LogP contribution is 2.39. The third kappa shape index (κ3) is 1.81. The van der Waals surface area contributed by atoms with Gasteiger partial charge in [-0.05, 0) is 31.6 Å². The Morgan fingerprint density at radius 2 is 1.93 bits per heavy atom. The number of carbonyl (C=O) groups excluding carboxylic acids is 2. The molecule has 0 N–H and O–H groups in total. The molecule has 1 saturated carbocycles. The third-order valence-corrected chi connectivity index (χ3v) is 3.38. The Bertz CT molecular complexity index is 244. The van der Waals surface area contributed by atoms with E-state index in [1.54, 1.807) is 0 Å². The fourth-order valence-corrected chi connectivity index (χ4v) is 2.46. The zero-order chi connectivity index (χ0) is 10.2. The summed E-state index contributed by atoms with van der Waals surface area (Å²) >= 11 is 0. The van der Waals surface area contributed by atoms with Gasteiger partial charge < -0.3 is 4.74 Å². The van der Waals surface area contributed by atoms with E-state index in [2.05, 4.69) is 6.92 Å². The van der Waals surface area contributed by atoms with Crippen LogP contribution in [0.1, 0.15) is 45.4 Å². The maximum absolute atomic E-state index is 11.3. The summed E-state index contributed by atoms with van der Waals surface area (Å²) in [5.74, 6) is 0.433. The first-order chi connectivity index (χ1) is 6.60. The van der Waals surface area contributed by atoms with Gasteiger partial charge in [-0.1, -0.05) is 6.92 Å². The first kappa shape index (κ1) is 9.69. The Morgan fingerprint density at radius 1 is 1.29 bits per heavy atom. The summed E-state index contributed by atoms with van der Waals surface area (Å²) in [6.07, 6.45) is 4.31. The van der Waals surface area contributed by atoms with Crippen LogP contribution in [0.5, 0.6) is 0 Å². The Hall–Kier alpha value is -0.860. The number of carbonyl (C=O) groups is 2. The van der Waals surface area contributed by atoms with Crippen LogP contribution >= 0.6 is 0 Å². The molecule has 0 amide bonds. The van der Waals surface area contributed by atoms with Crippen LogP contribution in [0.3, 0.4) is 0 Å². The molecule has 0 radical (unpaired) electrons. The van der Waals surface area contributed by atoms with Gasteiger partial charge in [0.2, 0.25) is 0 Å². The number of ketones is 1. The maximum atomic E-state index is 11.3. The second-order valence-electron chi connectivity index (χ2n) is 4.73. The number of esters is 1. The standard InChI is InChI=1S/C11H16O3/c1-8-2-4-11(5-3-8)7-9(12)6-10(13)14-11/h8H,2-7H2,1H3. The molecule has 78 valence electrons. The van der Waals surface area contributed by atoms with Gasteiger partial charge >= 0.3 is 5.97 Å². The number of rotatable bonds is 0. The summed E-state index contributed by atoms with van der Waals surface area (Å²) in [5.41, 5.74) is -0.418. The number of Topliss-reactive ketones (excluding diaryl/α,β-unsaturated/α-hetero) is 1. The van der Waals surface area contributed by atoms with E-state index in [0.29, 0.717) is 12.3 Å². The molecule has 0 bridgehead atoms. The fourth-order valence-electron chi connectivity index (χ4n) is 2.46. The molecule has 0 aromatic heterocycles. The van der Waals surface area contributed by atoms with Crippen LogP contribution in [0.15, 0.2) is 0 Å². The molecule has 0 aromatic carbocycles. The maximum Gasteiger partial charge on any atom is 0.313 e. The fraction of sp³-hybridized carbons (Fsp3) is 0.818. The van der Waals surface area contributed by atoms with E-state index in [9.17, 15) is 9.59 Å². The molecule has 2 aliphatic rings. The van der Waals surface area contributed by atoms with Gasteiger partial charge in [-0.15, -0.1) is 0 Å². The van der Waals surface area contributed by atoms with E-state index >= 15 is 0 Å². The Labute approximate surface area is 83.8 Å². The minimum atomic E-state index is -0.418. The largest absolute Gasteiger partial charge is 0.458 e. The lowest BCUT2D eigenvalue weighted by Crippen LogP contribution is -2.44. The van der Waals surface area contributed by atoms with Gasteiger partial charge in [0.1, 0.15) is 17.8 Å². The normalized spacial score (nSPS) is 38.5. The molecule has 0 aromatic rings. The predicted octanol–water partition coefficient (Wildman–Crippen LogP) is 1.84. The van der Waals surface area contributed by atoms with E-state index in [-0.39, 0.29) is 18.2 Å². The molecule has 1 aliphatic heterocycles. The van der Waals surface area contributed by atoms with Crippen molar-refractivity contribution in [1.82, 2.24) is 0 Å². The summed E-state index contributed by atoms with van der Waals surface area (Å²) < 4.78 is 5.37. The molecular formula is C11H16O3. The molecular weight excluding hydrogens is 180 g/mol. The molecule has 0 unspecified atom stereocenters. The molecule has 3 heteroatoms. The minimum absolute atomic E-state index is 0.0166. The summed E-state index contributed by atoms with van der Waals surface area (Å²) in [6.45, 7) is 2.21. The average molecular weight is 196 g/mol. The topological polar surface area (TPSA) is 43.4 Å². The van der Waals surface area contributed by atoms with E-state index in [4.69, 9.17) is 4.74 Å². The van der Waals surface area contributed by atoms with Gasteiger partial charge in [0, 0.05) is 6.42 Å². The van der Waals surface area contributed by atoms with Gasteiger partial charge in [-0.3, -0.25) is 9.59 Å². The number of hydrogen-bond acceptors (Lipinski definition) is 3. The molecule has 2 rings (SSSR count). The van der Waals surface area contributed by atoms with Crippen molar-refractivity contribution in [3.8, 4) is 0 Å². The molecule has 3 nitrogen and oxygen atoms in total. The Morgan fingerprint density at radius 3 is 2.50 bits per heavy atom. The molecule has 14 heavy (non-hydrogen) atoms. The monoisotopic (exact) mass is 196 g/mol. The molecule has 0 atom stereocenters. The smallest absolute Gasteiger partial charge is 0.313 e. The number of hydrogen-bond donors (Lipinski definition) is 0. The highest BCUT2D eigenvalue weighted by Gasteiger charge is 2.43. The van der Waals surface area contributed by atoms with Crippen LogP contribution in [0.2, 0.25) is 0 Å². The quantitative estimate of drug-likeness (QED) is 0.438. The predicted molar refractivity (Wildman–Crippen MR) is 50.7 cm³/mol. The summed E-state index contributed by atoms with van der Waals surface area (Å²) in [7, 11) is 0. The zero-order valence-electron chi connectivity index (χ0n) is 8.54. The van der Waals surface area contributed by atoms with Crippen molar-refractivity contribution in [2.45, 2.75) is 51.0 Å². The van der Waals surface area contributed by atoms with Gasteiger partial charge in [-0.25, -0.2) is 0 Å². The van der Waals surface area contributed by atoms with Gasteiger partial charge in [0.15, 0.2) is 0 Å². The lowest BCUT2D eigenvalue weighted by molar-refractivity contribution is -0.174. The molecule has 1 heterocycles. The van der Waals surface area contributed by atoms with Crippen LogP contribution < -0.4 is 0 Å². The molecule has 1 saturated heterocycles. The lowest BCUT2D eigenvalue weighted by Gasteiger charge is -2.40. The lowest BCUT2D eigenvalue weighted by atomic mass is 9.75. The van der Waals surface area contributed by atoms with Crippen molar-refractivity contribution >= 4 is 11.8 Å². The Kier molecular flexibility index (Phi) is 2.33. The van der Waals surface area contributed by atoms with Crippen molar-refractivity contribution in [2.24, 2.45) is 5.92 Å². The van der Waals surface area contributed by atoms with Crippen molar-refractivity contribution in [3.63, 3.8) is 0 Å². The molecule has 2 fully saturated rings. The van der Waals surface area contributed by atoms with Crippen LogP contribution in [0.4, 0.5) is 0 Å². The van der Waals surface area contributed by atoms with E-state index in [1.807, 2.05) is 0 Å². The van der Waals surface area contributed by atoms with Crippen LogP contribution in [-0.2, 0) is 14.3 Å². The van der Waals surface area contributed by atoms with Crippen molar-refractivity contribution in [1.29, 1.82) is 0 Å². The van der Waals surface area contributed by atoms with Crippen molar-refractivity contribution < 1.29 is 14.3 Å².